The molecule has 1 aliphatic carbocycles. The second-order valence-electron chi connectivity index (χ2n) is 9.16. The highest BCUT2D eigenvalue weighted by atomic mass is 19.4. The van der Waals surface area contributed by atoms with E-state index in [0.29, 0.717) is 0 Å². The van der Waals surface area contributed by atoms with Gasteiger partial charge in [-0.05, 0) is 0 Å². The first-order chi connectivity index (χ1) is 9.65. The van der Waals surface area contributed by atoms with Crippen LogP contribution >= 0.6 is 0 Å². The molecule has 0 aromatic carbocycles. The molecule has 0 saturated heterocycles. The Balaban J connectivity index is 4.12. The molecule has 0 aliphatic heterocycles. The topological polar surface area (TPSA) is 0 Å². The minimum absolute atomic E-state index is 0.335. The van der Waals surface area contributed by atoms with E-state index < -0.39 is 38.6 Å². The van der Waals surface area contributed by atoms with Crippen LogP contribution < -0.4 is 0 Å². The molecule has 0 N–H and O–H groups in total. The fourth-order valence-corrected chi connectivity index (χ4v) is 5.31. The predicted octanol–water partition coefficient (Wildman–Crippen LogP) is -4.94. The maximum atomic E-state index is 14.2. The Morgan fingerprint density at radius 1 is 0.565 bits per heavy atom. The van der Waals surface area contributed by atoms with Gasteiger partial charge < -0.3 is 0 Å². The third kappa shape index (κ3) is 2.06. The van der Waals surface area contributed by atoms with Gasteiger partial charge in [0.1, 0.15) is 13.3 Å². The highest BCUT2D eigenvalue weighted by molar-refractivity contribution is 6.64. The Bertz CT molecular complexity index is 449. The van der Waals surface area contributed by atoms with E-state index in [-0.39, 0.29) is 5.82 Å². The highest BCUT2D eigenvalue weighted by Crippen LogP contribution is 2.86. The summed E-state index contributed by atoms with van der Waals surface area (Å²) in [5.74, 6) is -0.335. The molecule has 1 fully saturated rings. The van der Waals surface area contributed by atoms with Crippen molar-refractivity contribution in [2.75, 3.05) is 0 Å². The molecule has 0 unspecified atom stereocenters. The van der Waals surface area contributed by atoms with Gasteiger partial charge in [-0.2, -0.15) is 26.3 Å². The molecule has 0 spiro atoms. The predicted molar refractivity (Wildman–Crippen MR) is 106 cm³/mol. The van der Waals surface area contributed by atoms with E-state index in [0.717, 1.165) is 31.4 Å². The zero-order valence-corrected chi connectivity index (χ0v) is 15.3. The third-order valence-electron chi connectivity index (χ3n) is 8.11. The van der Waals surface area contributed by atoms with E-state index in [1.165, 1.54) is 31.4 Å². The molecule has 0 radical (unpaired) electrons. The summed E-state index contributed by atoms with van der Waals surface area (Å²) < 4.78 is 85.1. The minimum Gasteiger partial charge on any atom is -0.170 e. The monoisotopic (exact) mass is 328 g/mol. The Labute approximate surface area is 142 Å². The van der Waals surface area contributed by atoms with Crippen molar-refractivity contribution in [2.24, 2.45) is 5.41 Å². The maximum absolute atomic E-state index is 14.2. The van der Waals surface area contributed by atoms with Crippen LogP contribution in [0.1, 0.15) is 0 Å². The highest BCUT2D eigenvalue weighted by Gasteiger charge is 2.86. The van der Waals surface area contributed by atoms with Crippen LogP contribution in [0.25, 0.3) is 0 Å². The first-order valence-corrected chi connectivity index (χ1v) is 7.79. The van der Waals surface area contributed by atoms with E-state index in [1.807, 2.05) is 0 Å². The Morgan fingerprint density at radius 2 is 0.783 bits per heavy atom. The number of halogens is 6. The van der Waals surface area contributed by atoms with E-state index in [1.54, 1.807) is 7.85 Å². The van der Waals surface area contributed by atoms with Crippen molar-refractivity contribution in [3.63, 3.8) is 0 Å². The van der Waals surface area contributed by atoms with Crippen LogP contribution in [0.5, 0.6) is 0 Å². The molecule has 0 nitrogen and oxygen atoms in total. The van der Waals surface area contributed by atoms with Gasteiger partial charge in [0, 0.05) is 0 Å². The molecule has 23 heavy (non-hydrogen) atoms. The van der Waals surface area contributed by atoms with Crippen molar-refractivity contribution in [1.82, 2.24) is 0 Å². The number of hydrogen-bond acceptors (Lipinski definition) is 0. The van der Waals surface area contributed by atoms with Crippen molar-refractivity contribution in [1.29, 1.82) is 0 Å². The summed E-state index contributed by atoms with van der Waals surface area (Å²) in [6, 6.07) is 0. The van der Waals surface area contributed by atoms with Gasteiger partial charge >= 0.3 is 12.4 Å². The van der Waals surface area contributed by atoms with Crippen LogP contribution in [-0.4, -0.2) is 83.0 Å². The van der Waals surface area contributed by atoms with Crippen LogP contribution in [0.2, 0.25) is 26.7 Å². The van der Waals surface area contributed by atoms with Crippen LogP contribution in [0.3, 0.4) is 0 Å². The van der Waals surface area contributed by atoms with Crippen molar-refractivity contribution in [3.05, 3.63) is 0 Å². The molecule has 0 atom stereocenters. The van der Waals surface area contributed by atoms with Crippen LogP contribution in [0.15, 0.2) is 0 Å². The molecule has 1 rings (SSSR count). The summed E-state index contributed by atoms with van der Waals surface area (Å²) in [6.45, 7) is 0. The van der Waals surface area contributed by atoms with Gasteiger partial charge in [0.25, 0.3) is 0 Å². The lowest BCUT2D eigenvalue weighted by atomic mass is 9.03. The second-order valence-corrected chi connectivity index (χ2v) is 9.16. The number of alkyl halides is 6. The SMILES string of the molecule is BC1C(B)(B)C(B)(B)C(C(F)(F)F)(C(F)(F)F)C(B)(B)C1(B)B. The van der Waals surface area contributed by atoms with Gasteiger partial charge in [-0.1, -0.05) is 26.7 Å². The molecule has 1 aliphatic rings. The summed E-state index contributed by atoms with van der Waals surface area (Å²) in [5, 5.41) is -6.40. The zero-order chi connectivity index (χ0) is 19.1. The molecule has 0 aromatic rings. The van der Waals surface area contributed by atoms with Crippen LogP contribution in [-0.2, 0) is 0 Å². The summed E-state index contributed by atoms with van der Waals surface area (Å²) in [7, 11) is 12.4. The fourth-order valence-electron chi connectivity index (χ4n) is 5.31. The smallest absolute Gasteiger partial charge is 0.170 e. The molecule has 1 saturated carbocycles. The molecular formula is C8H19B9F6. The van der Waals surface area contributed by atoms with Gasteiger partial charge in [0.2, 0.25) is 0 Å². The maximum Gasteiger partial charge on any atom is 0.401 e. The molecule has 0 heterocycles. The minimum atomic E-state index is -5.41. The first kappa shape index (κ1) is 21.2. The lowest BCUT2D eigenvalue weighted by molar-refractivity contribution is -0.360. The van der Waals surface area contributed by atoms with Crippen molar-refractivity contribution < 1.29 is 26.3 Å². The summed E-state index contributed by atoms with van der Waals surface area (Å²) >= 11 is 0. The Hall–Kier alpha value is 0.164. The van der Waals surface area contributed by atoms with Crippen molar-refractivity contribution >= 4 is 70.6 Å². The zero-order valence-electron chi connectivity index (χ0n) is 15.3. The molecule has 15 heteroatoms. The molecular weight excluding hydrogens is 307 g/mol. The summed E-state index contributed by atoms with van der Waals surface area (Å²) in [6.07, 6.45) is -10.8. The standard InChI is InChI=1S/C8H19B9F6/c9-1-2(10,11)5(14,15)4(7(18,19)20,8(21,22)23)6(16,17)3(1,12)13/h1H,9-17H2. The first-order valence-electron chi connectivity index (χ1n) is 7.79. The molecule has 0 aromatic heterocycles. The van der Waals surface area contributed by atoms with Gasteiger partial charge in [-0.25, -0.2) is 0 Å². The average molecular weight is 327 g/mol. The average Bonchev–Trinajstić information content (AvgIpc) is 2.21. The Kier molecular flexibility index (Phi) is 4.49. The molecule has 0 bridgehead atoms. The lowest BCUT2D eigenvalue weighted by Gasteiger charge is -2.75. The van der Waals surface area contributed by atoms with Crippen molar-refractivity contribution in [2.45, 2.75) is 39.0 Å². The molecule has 120 valence electrons. The largest absolute Gasteiger partial charge is 0.401 e. The second kappa shape index (κ2) is 4.87. The molecule has 0 amide bonds. The number of rotatable bonds is 0. The van der Waals surface area contributed by atoms with Gasteiger partial charge in [-0.3, -0.25) is 0 Å². The normalized spacial score (nSPS) is 29.0. The third-order valence-corrected chi connectivity index (χ3v) is 8.11. The van der Waals surface area contributed by atoms with E-state index in [2.05, 4.69) is 0 Å². The van der Waals surface area contributed by atoms with Crippen LogP contribution in [0.4, 0.5) is 26.3 Å². The van der Waals surface area contributed by atoms with Crippen LogP contribution in [0, 0.1) is 5.41 Å². The fraction of sp³-hybridized carbons (Fsp3) is 1.00. The summed E-state index contributed by atoms with van der Waals surface area (Å²) in [4.78, 5) is 0. The Morgan fingerprint density at radius 3 is 0.957 bits per heavy atom. The lowest BCUT2D eigenvalue weighted by Crippen LogP contribution is -2.74. The van der Waals surface area contributed by atoms with E-state index in [9.17, 15) is 26.3 Å². The summed E-state index contributed by atoms with van der Waals surface area (Å²) in [5.41, 5.74) is -3.81. The quantitative estimate of drug-likeness (QED) is 0.309. The van der Waals surface area contributed by atoms with E-state index >= 15 is 0 Å². The van der Waals surface area contributed by atoms with Gasteiger partial charge in [-0.15, -0.1) is 0 Å². The van der Waals surface area contributed by atoms with Crippen molar-refractivity contribution in [3.8, 4) is 0 Å². The van der Waals surface area contributed by atoms with E-state index in [4.69, 9.17) is 0 Å². The van der Waals surface area contributed by atoms with Gasteiger partial charge in [0.15, 0.2) is 0 Å². The number of hydrogen-bond donors (Lipinski definition) is 0. The van der Waals surface area contributed by atoms with Gasteiger partial charge in [0.05, 0.1) is 62.8 Å².